The molecule has 1 aliphatic heterocycles. The summed E-state index contributed by atoms with van der Waals surface area (Å²) in [4.78, 5) is 20.7. The fourth-order valence-electron chi connectivity index (χ4n) is 4.73. The van der Waals surface area contributed by atoms with E-state index in [1.54, 1.807) is 12.1 Å². The zero-order chi connectivity index (χ0) is 24.6. The minimum Gasteiger partial charge on any atom is -0.478 e. The molecule has 0 saturated carbocycles. The summed E-state index contributed by atoms with van der Waals surface area (Å²) in [5, 5.41) is 13.8. The SMILES string of the molecule is Cc1ccc(C(=O)O)cc1-n1c(C)cc([C@@H]2[C@@H](c3ccccn3)NC(=S)N2CCN(C)C)c1C. The lowest BCUT2D eigenvalue weighted by atomic mass is 9.96. The van der Waals surface area contributed by atoms with Crippen LogP contribution in [0.15, 0.2) is 48.7 Å². The first-order chi connectivity index (χ1) is 16.2. The molecular formula is C26H31N5O2S. The average Bonchev–Trinajstić information content (AvgIpc) is 3.28. The van der Waals surface area contributed by atoms with Gasteiger partial charge in [0.15, 0.2) is 5.11 Å². The number of carboxylic acid groups (broad SMARTS) is 1. The van der Waals surface area contributed by atoms with Gasteiger partial charge in [-0.1, -0.05) is 12.1 Å². The van der Waals surface area contributed by atoms with Gasteiger partial charge in [0.1, 0.15) is 0 Å². The van der Waals surface area contributed by atoms with E-state index in [4.69, 9.17) is 12.2 Å². The van der Waals surface area contributed by atoms with Crippen molar-refractivity contribution in [3.05, 3.63) is 82.4 Å². The molecule has 2 N–H and O–H groups in total. The number of benzene rings is 1. The van der Waals surface area contributed by atoms with Crippen LogP contribution in [0.4, 0.5) is 0 Å². The maximum Gasteiger partial charge on any atom is 0.335 e. The van der Waals surface area contributed by atoms with Gasteiger partial charge in [0.05, 0.1) is 23.3 Å². The first-order valence-electron chi connectivity index (χ1n) is 11.3. The largest absolute Gasteiger partial charge is 0.478 e. The smallest absolute Gasteiger partial charge is 0.335 e. The van der Waals surface area contributed by atoms with E-state index in [1.165, 1.54) is 0 Å². The third kappa shape index (κ3) is 4.43. The minimum absolute atomic E-state index is 0.0368. The van der Waals surface area contributed by atoms with Crippen molar-refractivity contribution in [3.8, 4) is 5.69 Å². The van der Waals surface area contributed by atoms with Gasteiger partial charge in [0.25, 0.3) is 0 Å². The number of hydrogen-bond donors (Lipinski definition) is 2. The lowest BCUT2D eigenvalue weighted by molar-refractivity contribution is 0.0697. The molecule has 4 rings (SSSR count). The van der Waals surface area contributed by atoms with Crippen LogP contribution in [0.1, 0.15) is 50.7 Å². The fraction of sp³-hybridized carbons (Fsp3) is 0.346. The molecule has 3 aromatic rings. The molecule has 178 valence electrons. The Morgan fingerprint density at radius 1 is 1.18 bits per heavy atom. The normalized spacial score (nSPS) is 17.9. The monoisotopic (exact) mass is 477 g/mol. The molecule has 7 nitrogen and oxygen atoms in total. The van der Waals surface area contributed by atoms with E-state index in [2.05, 4.69) is 58.7 Å². The number of aromatic carboxylic acids is 1. The molecule has 0 aliphatic carbocycles. The Morgan fingerprint density at radius 2 is 1.94 bits per heavy atom. The molecule has 2 aromatic heterocycles. The van der Waals surface area contributed by atoms with Crippen LogP contribution in [-0.2, 0) is 0 Å². The molecule has 34 heavy (non-hydrogen) atoms. The van der Waals surface area contributed by atoms with Gasteiger partial charge >= 0.3 is 5.97 Å². The highest BCUT2D eigenvalue weighted by atomic mass is 32.1. The van der Waals surface area contributed by atoms with Crippen molar-refractivity contribution >= 4 is 23.3 Å². The van der Waals surface area contributed by atoms with Crippen molar-refractivity contribution < 1.29 is 9.90 Å². The molecule has 8 heteroatoms. The van der Waals surface area contributed by atoms with Crippen molar-refractivity contribution in [1.82, 2.24) is 24.7 Å². The third-order valence-corrected chi connectivity index (χ3v) is 6.82. The summed E-state index contributed by atoms with van der Waals surface area (Å²) in [6.07, 6.45) is 1.81. The number of hydrogen-bond acceptors (Lipinski definition) is 4. The van der Waals surface area contributed by atoms with Crippen LogP contribution in [0, 0.1) is 20.8 Å². The number of likely N-dealkylation sites (N-methyl/N-ethyl adjacent to an activating group) is 1. The Hall–Kier alpha value is -3.23. The van der Waals surface area contributed by atoms with Crippen LogP contribution in [0.3, 0.4) is 0 Å². The van der Waals surface area contributed by atoms with E-state index in [-0.39, 0.29) is 17.6 Å². The van der Waals surface area contributed by atoms with Crippen molar-refractivity contribution in [1.29, 1.82) is 0 Å². The van der Waals surface area contributed by atoms with Gasteiger partial charge in [-0.2, -0.15) is 0 Å². The number of carbonyl (C=O) groups is 1. The molecule has 1 fully saturated rings. The number of thiocarbonyl (C=S) groups is 1. The molecule has 0 amide bonds. The second-order valence-corrected chi connectivity index (χ2v) is 9.48. The number of rotatable bonds is 7. The van der Waals surface area contributed by atoms with Crippen molar-refractivity contribution in [2.24, 2.45) is 0 Å². The van der Waals surface area contributed by atoms with Crippen LogP contribution in [-0.4, -0.2) is 62.7 Å². The van der Waals surface area contributed by atoms with E-state index in [9.17, 15) is 9.90 Å². The van der Waals surface area contributed by atoms with Gasteiger partial charge in [-0.15, -0.1) is 0 Å². The second kappa shape index (κ2) is 9.56. The number of carboxylic acids is 1. The highest BCUT2D eigenvalue weighted by Crippen LogP contribution is 2.41. The van der Waals surface area contributed by atoms with Gasteiger partial charge in [0.2, 0.25) is 0 Å². The van der Waals surface area contributed by atoms with E-state index in [0.29, 0.717) is 0 Å². The summed E-state index contributed by atoms with van der Waals surface area (Å²) in [5.41, 5.74) is 6.37. The molecular weight excluding hydrogens is 446 g/mol. The Morgan fingerprint density at radius 3 is 2.59 bits per heavy atom. The maximum absolute atomic E-state index is 11.6. The summed E-state index contributed by atoms with van der Waals surface area (Å²) in [6, 6.07) is 13.3. The average molecular weight is 478 g/mol. The number of aromatic nitrogens is 2. The van der Waals surface area contributed by atoms with E-state index >= 15 is 0 Å². The molecule has 2 atom stereocenters. The van der Waals surface area contributed by atoms with Crippen LogP contribution in [0.25, 0.3) is 5.69 Å². The Kier molecular flexibility index (Phi) is 6.72. The van der Waals surface area contributed by atoms with Crippen molar-refractivity contribution in [2.75, 3.05) is 27.2 Å². The zero-order valence-electron chi connectivity index (χ0n) is 20.2. The number of pyridine rings is 1. The van der Waals surface area contributed by atoms with Gasteiger partial charge in [0, 0.05) is 36.4 Å². The molecule has 1 aliphatic rings. The van der Waals surface area contributed by atoms with Gasteiger partial charge in [-0.05, 0) is 88.5 Å². The van der Waals surface area contributed by atoms with Crippen molar-refractivity contribution in [2.45, 2.75) is 32.9 Å². The number of aryl methyl sites for hydroxylation is 2. The fourth-order valence-corrected chi connectivity index (χ4v) is 5.07. The minimum atomic E-state index is -0.931. The summed E-state index contributed by atoms with van der Waals surface area (Å²) in [7, 11) is 4.11. The van der Waals surface area contributed by atoms with Crippen LogP contribution in [0.2, 0.25) is 0 Å². The molecule has 1 aromatic carbocycles. The van der Waals surface area contributed by atoms with Crippen LogP contribution in [0.5, 0.6) is 0 Å². The summed E-state index contributed by atoms with van der Waals surface area (Å²) in [6.45, 7) is 7.81. The predicted octanol–water partition coefficient (Wildman–Crippen LogP) is 4.03. The summed E-state index contributed by atoms with van der Waals surface area (Å²) in [5.74, 6) is -0.931. The van der Waals surface area contributed by atoms with E-state index < -0.39 is 5.97 Å². The van der Waals surface area contributed by atoms with E-state index in [1.807, 2.05) is 37.4 Å². The highest BCUT2D eigenvalue weighted by molar-refractivity contribution is 7.80. The Bertz CT molecular complexity index is 1220. The van der Waals surface area contributed by atoms with Crippen LogP contribution >= 0.6 is 12.2 Å². The Labute approximate surface area is 206 Å². The molecule has 0 radical (unpaired) electrons. The number of nitrogens with one attached hydrogen (secondary N) is 1. The third-order valence-electron chi connectivity index (χ3n) is 6.47. The predicted molar refractivity (Wildman–Crippen MR) is 138 cm³/mol. The lowest BCUT2D eigenvalue weighted by Crippen LogP contribution is -2.35. The first-order valence-corrected chi connectivity index (χ1v) is 11.8. The standard InChI is InChI=1S/C26H31N5O2S/c1-16-9-10-19(25(32)33)15-22(16)31-17(2)14-20(18(31)3)24-23(21-8-6-7-11-27-21)28-26(34)30(24)13-12-29(4)5/h6-11,14-15,23-24H,12-13H2,1-5H3,(H,28,34)(H,32,33)/t23-,24-/m1/s1. The molecule has 0 unspecified atom stereocenters. The van der Waals surface area contributed by atoms with Gasteiger partial charge in [-0.25, -0.2) is 4.79 Å². The molecule has 1 saturated heterocycles. The van der Waals surface area contributed by atoms with Crippen molar-refractivity contribution in [3.63, 3.8) is 0 Å². The lowest BCUT2D eigenvalue weighted by Gasteiger charge is -2.29. The molecule has 0 bridgehead atoms. The first kappa shape index (κ1) is 23.9. The molecule has 3 heterocycles. The highest BCUT2D eigenvalue weighted by Gasteiger charge is 2.41. The summed E-state index contributed by atoms with van der Waals surface area (Å²) < 4.78 is 2.15. The van der Waals surface area contributed by atoms with Gasteiger partial charge in [-0.3, -0.25) is 4.98 Å². The second-order valence-electron chi connectivity index (χ2n) is 9.09. The number of nitrogens with zero attached hydrogens (tertiary/aromatic N) is 4. The zero-order valence-corrected chi connectivity index (χ0v) is 21.1. The maximum atomic E-state index is 11.6. The molecule has 0 spiro atoms. The van der Waals surface area contributed by atoms with Gasteiger partial charge < -0.3 is 24.8 Å². The topological polar surface area (TPSA) is 73.6 Å². The van der Waals surface area contributed by atoms with Crippen LogP contribution < -0.4 is 5.32 Å². The quantitative estimate of drug-likeness (QED) is 0.498. The Balaban J connectivity index is 1.84. The summed E-state index contributed by atoms with van der Waals surface area (Å²) >= 11 is 5.79. The van der Waals surface area contributed by atoms with E-state index in [0.717, 1.165) is 52.1 Å².